The lowest BCUT2D eigenvalue weighted by atomic mass is 9.77. The van der Waals surface area contributed by atoms with Gasteiger partial charge in [-0.25, -0.2) is 0 Å². The number of amides is 2. The Labute approximate surface area is 174 Å². The number of carbonyl (C=O) groups is 2. The van der Waals surface area contributed by atoms with Gasteiger partial charge in [0.05, 0.1) is 0 Å². The highest BCUT2D eigenvalue weighted by Gasteiger charge is 2.57. The van der Waals surface area contributed by atoms with Gasteiger partial charge in [0, 0.05) is 23.9 Å². The molecule has 0 bridgehead atoms. The van der Waals surface area contributed by atoms with Crippen LogP contribution in [0.3, 0.4) is 0 Å². The molecule has 0 aromatic heterocycles. The highest BCUT2D eigenvalue weighted by Crippen LogP contribution is 2.54. The third-order valence-electron chi connectivity index (χ3n) is 5.99. The van der Waals surface area contributed by atoms with Gasteiger partial charge in [0.2, 0.25) is 18.6 Å². The molecule has 156 valence electrons. The number of rotatable bonds is 5. The fraction of sp³-hybridized carbons (Fsp3) is 0.391. The molecular formula is C23H24N2O5. The van der Waals surface area contributed by atoms with Gasteiger partial charge in [0.1, 0.15) is 24.3 Å². The molecular weight excluding hydrogens is 384 g/mol. The number of anilines is 1. The zero-order chi connectivity index (χ0) is 20.9. The van der Waals surface area contributed by atoms with Crippen molar-refractivity contribution in [3.8, 4) is 17.2 Å². The maximum absolute atomic E-state index is 13.8. The summed E-state index contributed by atoms with van der Waals surface area (Å²) in [7, 11) is 0. The van der Waals surface area contributed by atoms with Crippen LogP contribution in [0, 0.1) is 5.92 Å². The van der Waals surface area contributed by atoms with Gasteiger partial charge in [-0.3, -0.25) is 9.59 Å². The van der Waals surface area contributed by atoms with Crippen LogP contribution in [0.2, 0.25) is 0 Å². The largest absolute Gasteiger partial charge is 0.491 e. The Morgan fingerprint density at radius 2 is 1.87 bits per heavy atom. The Morgan fingerprint density at radius 1 is 1.10 bits per heavy atom. The van der Waals surface area contributed by atoms with Crippen molar-refractivity contribution in [3.63, 3.8) is 0 Å². The Bertz CT molecular complexity index is 1030. The quantitative estimate of drug-likeness (QED) is 0.823. The second kappa shape index (κ2) is 6.93. The molecule has 0 fully saturated rings. The molecule has 1 N–H and O–H groups in total. The summed E-state index contributed by atoms with van der Waals surface area (Å²) in [6.07, 6.45) is 0.897. The van der Waals surface area contributed by atoms with Crippen molar-refractivity contribution < 1.29 is 23.8 Å². The molecule has 0 aliphatic carbocycles. The molecule has 5 rings (SSSR count). The zero-order valence-corrected chi connectivity index (χ0v) is 17.1. The van der Waals surface area contributed by atoms with Crippen LogP contribution in [0.15, 0.2) is 36.4 Å². The van der Waals surface area contributed by atoms with Gasteiger partial charge in [-0.15, -0.1) is 0 Å². The van der Waals surface area contributed by atoms with Crippen LogP contribution < -0.4 is 24.4 Å². The van der Waals surface area contributed by atoms with Crippen molar-refractivity contribution >= 4 is 17.5 Å². The molecule has 3 aliphatic rings. The molecule has 0 saturated carbocycles. The fourth-order valence-electron chi connectivity index (χ4n) is 4.42. The van der Waals surface area contributed by atoms with E-state index >= 15 is 0 Å². The monoisotopic (exact) mass is 408 g/mol. The van der Waals surface area contributed by atoms with Crippen LogP contribution in [-0.4, -0.2) is 38.3 Å². The first-order chi connectivity index (χ1) is 14.5. The number of para-hydroxylation sites is 1. The van der Waals surface area contributed by atoms with E-state index in [9.17, 15) is 9.59 Å². The highest BCUT2D eigenvalue weighted by molar-refractivity contribution is 6.13. The summed E-state index contributed by atoms with van der Waals surface area (Å²) in [5.41, 5.74) is 1.37. The summed E-state index contributed by atoms with van der Waals surface area (Å²) < 4.78 is 16.9. The molecule has 1 unspecified atom stereocenters. The van der Waals surface area contributed by atoms with E-state index < -0.39 is 5.41 Å². The lowest BCUT2D eigenvalue weighted by Crippen LogP contribution is -2.46. The van der Waals surface area contributed by atoms with Crippen LogP contribution in [0.1, 0.15) is 31.4 Å². The first-order valence-electron chi connectivity index (χ1n) is 10.3. The van der Waals surface area contributed by atoms with Crippen molar-refractivity contribution in [2.24, 2.45) is 5.92 Å². The summed E-state index contributed by atoms with van der Waals surface area (Å²) in [5, 5.41) is 2.92. The molecule has 3 aliphatic heterocycles. The molecule has 7 heteroatoms. The average molecular weight is 408 g/mol. The van der Waals surface area contributed by atoms with Crippen molar-refractivity contribution in [1.29, 1.82) is 0 Å². The van der Waals surface area contributed by atoms with Gasteiger partial charge in [-0.1, -0.05) is 32.0 Å². The van der Waals surface area contributed by atoms with E-state index in [-0.39, 0.29) is 31.8 Å². The standard InChI is InChI=1S/C23H24N2O5/c1-14(2)7-8-24-21(26)11-25-17-6-4-3-5-15(17)23(22(25)27)12-28-18-10-20-19(9-16(18)23)29-13-30-20/h3-6,9-10,14H,7-8,11-13H2,1-2H3,(H,24,26). The fourth-order valence-corrected chi connectivity index (χ4v) is 4.42. The number of fused-ring (bicyclic) bond motifs is 5. The van der Waals surface area contributed by atoms with Crippen LogP contribution in [0.4, 0.5) is 5.69 Å². The predicted octanol–water partition coefficient (Wildman–Crippen LogP) is 2.60. The summed E-state index contributed by atoms with van der Waals surface area (Å²) in [5.74, 6) is 2.02. The van der Waals surface area contributed by atoms with Crippen LogP contribution in [-0.2, 0) is 15.0 Å². The molecule has 3 heterocycles. The molecule has 2 aromatic carbocycles. The lowest BCUT2D eigenvalue weighted by molar-refractivity contribution is -0.125. The molecule has 2 amide bonds. The second-order valence-corrected chi connectivity index (χ2v) is 8.34. The van der Waals surface area contributed by atoms with Gasteiger partial charge in [-0.05, 0) is 30.0 Å². The maximum atomic E-state index is 13.8. The number of ether oxygens (including phenoxy) is 3. The minimum Gasteiger partial charge on any atom is -0.491 e. The summed E-state index contributed by atoms with van der Waals surface area (Å²) in [4.78, 5) is 27.9. The molecule has 2 aromatic rings. The molecule has 30 heavy (non-hydrogen) atoms. The third-order valence-corrected chi connectivity index (χ3v) is 5.99. The zero-order valence-electron chi connectivity index (χ0n) is 17.1. The summed E-state index contributed by atoms with van der Waals surface area (Å²) >= 11 is 0. The number of benzene rings is 2. The van der Waals surface area contributed by atoms with Gasteiger partial charge in [0.25, 0.3) is 0 Å². The Morgan fingerprint density at radius 3 is 2.67 bits per heavy atom. The van der Waals surface area contributed by atoms with Crippen molar-refractivity contribution in [2.75, 3.05) is 31.4 Å². The van der Waals surface area contributed by atoms with E-state index in [0.717, 1.165) is 23.2 Å². The molecule has 7 nitrogen and oxygen atoms in total. The average Bonchev–Trinajstić information content (AvgIpc) is 3.39. The predicted molar refractivity (Wildman–Crippen MR) is 110 cm³/mol. The Kier molecular flexibility index (Phi) is 4.34. The first kappa shape index (κ1) is 18.8. The van der Waals surface area contributed by atoms with E-state index in [1.165, 1.54) is 0 Å². The van der Waals surface area contributed by atoms with Gasteiger partial charge in [-0.2, -0.15) is 0 Å². The summed E-state index contributed by atoms with van der Waals surface area (Å²) in [6, 6.07) is 11.2. The molecule has 1 atom stereocenters. The normalized spacial score (nSPS) is 20.5. The van der Waals surface area contributed by atoms with Gasteiger partial charge < -0.3 is 24.4 Å². The Hall–Kier alpha value is -3.22. The molecule has 0 radical (unpaired) electrons. The van der Waals surface area contributed by atoms with E-state index in [4.69, 9.17) is 14.2 Å². The summed E-state index contributed by atoms with van der Waals surface area (Å²) in [6.45, 7) is 5.14. The van der Waals surface area contributed by atoms with Crippen LogP contribution in [0.5, 0.6) is 17.2 Å². The SMILES string of the molecule is CC(C)CCNC(=O)CN1C(=O)C2(COc3cc4c(cc32)OCO4)c2ccccc21. The van der Waals surface area contributed by atoms with Crippen LogP contribution >= 0.6 is 0 Å². The number of carbonyl (C=O) groups excluding carboxylic acids is 2. The third kappa shape index (κ3) is 2.72. The van der Waals surface area contributed by atoms with Gasteiger partial charge >= 0.3 is 0 Å². The maximum Gasteiger partial charge on any atom is 0.246 e. The van der Waals surface area contributed by atoms with Crippen LogP contribution in [0.25, 0.3) is 0 Å². The molecule has 1 spiro atoms. The van der Waals surface area contributed by atoms with E-state index in [1.807, 2.05) is 30.3 Å². The number of hydrogen-bond acceptors (Lipinski definition) is 5. The van der Waals surface area contributed by atoms with Crippen molar-refractivity contribution in [1.82, 2.24) is 5.32 Å². The minimum atomic E-state index is -0.981. The highest BCUT2D eigenvalue weighted by atomic mass is 16.7. The smallest absolute Gasteiger partial charge is 0.246 e. The van der Waals surface area contributed by atoms with Crippen molar-refractivity contribution in [2.45, 2.75) is 25.7 Å². The van der Waals surface area contributed by atoms with E-state index in [1.54, 1.807) is 11.0 Å². The van der Waals surface area contributed by atoms with E-state index in [0.29, 0.717) is 29.7 Å². The second-order valence-electron chi connectivity index (χ2n) is 8.34. The number of nitrogens with one attached hydrogen (secondary N) is 1. The Balaban J connectivity index is 1.49. The van der Waals surface area contributed by atoms with Crippen molar-refractivity contribution in [3.05, 3.63) is 47.5 Å². The number of hydrogen-bond donors (Lipinski definition) is 1. The first-order valence-corrected chi connectivity index (χ1v) is 10.3. The molecule has 0 saturated heterocycles. The topological polar surface area (TPSA) is 77.1 Å². The number of nitrogens with zero attached hydrogens (tertiary/aromatic N) is 1. The minimum absolute atomic E-state index is 0.0183. The lowest BCUT2D eigenvalue weighted by Gasteiger charge is -2.23. The van der Waals surface area contributed by atoms with E-state index in [2.05, 4.69) is 19.2 Å². The van der Waals surface area contributed by atoms with Gasteiger partial charge in [0.15, 0.2) is 11.5 Å².